The van der Waals surface area contributed by atoms with Gasteiger partial charge in [-0.05, 0) is 37.1 Å². The number of carbonyl (C=O) groups excluding carboxylic acids is 1. The molecule has 0 spiro atoms. The van der Waals surface area contributed by atoms with Crippen LogP contribution in [0.4, 0.5) is 0 Å². The van der Waals surface area contributed by atoms with E-state index in [2.05, 4.69) is 23.0 Å². The number of aromatic nitrogens is 2. The summed E-state index contributed by atoms with van der Waals surface area (Å²) in [5.74, 6) is 0.490. The Morgan fingerprint density at radius 2 is 2.20 bits per heavy atom. The summed E-state index contributed by atoms with van der Waals surface area (Å²) < 4.78 is 1.46. The Morgan fingerprint density at radius 1 is 1.32 bits per heavy atom. The smallest absolute Gasteiger partial charge is 0.250 e. The van der Waals surface area contributed by atoms with E-state index in [4.69, 9.17) is 0 Å². The molecule has 0 aromatic carbocycles. The second-order valence-electron chi connectivity index (χ2n) is 6.72. The van der Waals surface area contributed by atoms with Gasteiger partial charge in [-0.2, -0.15) is 0 Å². The minimum atomic E-state index is -0.136. The minimum Gasteiger partial charge on any atom is -0.341 e. The predicted octanol–water partition coefficient (Wildman–Crippen LogP) is 1.22. The van der Waals surface area contributed by atoms with Crippen LogP contribution in [-0.4, -0.2) is 51.9 Å². The Kier molecular flexibility index (Phi) is 5.60. The molecule has 0 bridgehead atoms. The van der Waals surface area contributed by atoms with E-state index in [-0.39, 0.29) is 18.0 Å². The monoisotopic (exact) mass is 340 g/mol. The van der Waals surface area contributed by atoms with Gasteiger partial charge in [-0.3, -0.25) is 14.6 Å². The van der Waals surface area contributed by atoms with Gasteiger partial charge in [-0.15, -0.1) is 0 Å². The molecule has 3 heterocycles. The van der Waals surface area contributed by atoms with Gasteiger partial charge in [0.1, 0.15) is 6.54 Å². The van der Waals surface area contributed by atoms with Crippen LogP contribution >= 0.6 is 0 Å². The molecule has 1 fully saturated rings. The quantitative estimate of drug-likeness (QED) is 0.793. The maximum absolute atomic E-state index is 12.4. The summed E-state index contributed by atoms with van der Waals surface area (Å²) in [4.78, 5) is 32.5. The summed E-state index contributed by atoms with van der Waals surface area (Å²) in [6.45, 7) is 3.46. The number of amides is 1. The van der Waals surface area contributed by atoms with Gasteiger partial charge < -0.3 is 14.4 Å². The van der Waals surface area contributed by atoms with Gasteiger partial charge in [0.15, 0.2) is 0 Å². The molecule has 1 aliphatic heterocycles. The van der Waals surface area contributed by atoms with E-state index in [1.165, 1.54) is 16.2 Å². The van der Waals surface area contributed by atoms with E-state index in [0.717, 1.165) is 32.6 Å². The van der Waals surface area contributed by atoms with Gasteiger partial charge >= 0.3 is 0 Å². The van der Waals surface area contributed by atoms with E-state index < -0.39 is 0 Å². The molecule has 0 radical (unpaired) electrons. The number of rotatable bonds is 6. The van der Waals surface area contributed by atoms with Crippen LogP contribution in [-0.2, 0) is 17.9 Å². The van der Waals surface area contributed by atoms with Gasteiger partial charge in [-0.1, -0.05) is 12.1 Å². The molecule has 132 valence electrons. The van der Waals surface area contributed by atoms with E-state index in [1.54, 1.807) is 24.5 Å². The Morgan fingerprint density at radius 3 is 2.96 bits per heavy atom. The van der Waals surface area contributed by atoms with Crippen molar-refractivity contribution in [3.63, 3.8) is 0 Å². The van der Waals surface area contributed by atoms with Crippen LogP contribution in [0.1, 0.15) is 12.0 Å². The van der Waals surface area contributed by atoms with Gasteiger partial charge in [0, 0.05) is 50.8 Å². The molecule has 6 nitrogen and oxygen atoms in total. The third kappa shape index (κ3) is 4.76. The number of carbonyl (C=O) groups is 1. The average molecular weight is 340 g/mol. The molecule has 0 N–H and O–H groups in total. The summed E-state index contributed by atoms with van der Waals surface area (Å²) in [7, 11) is 2.10. The van der Waals surface area contributed by atoms with Crippen molar-refractivity contribution in [2.45, 2.75) is 19.5 Å². The van der Waals surface area contributed by atoms with Crippen LogP contribution in [0.3, 0.4) is 0 Å². The number of hydrogen-bond donors (Lipinski definition) is 0. The third-order valence-corrected chi connectivity index (χ3v) is 4.59. The Hall–Kier alpha value is -2.47. The van der Waals surface area contributed by atoms with Crippen molar-refractivity contribution >= 4 is 5.91 Å². The highest BCUT2D eigenvalue weighted by atomic mass is 16.2. The molecule has 0 saturated carbocycles. The lowest BCUT2D eigenvalue weighted by atomic mass is 10.1. The first-order valence-corrected chi connectivity index (χ1v) is 8.62. The van der Waals surface area contributed by atoms with Crippen LogP contribution in [0.15, 0.2) is 53.7 Å². The highest BCUT2D eigenvalue weighted by Gasteiger charge is 2.27. The van der Waals surface area contributed by atoms with Crippen molar-refractivity contribution in [2.75, 3.05) is 26.7 Å². The summed E-state index contributed by atoms with van der Waals surface area (Å²) in [5, 5.41) is 0. The van der Waals surface area contributed by atoms with Crippen molar-refractivity contribution in [3.8, 4) is 0 Å². The van der Waals surface area contributed by atoms with Crippen molar-refractivity contribution in [3.05, 3.63) is 64.8 Å². The van der Waals surface area contributed by atoms with Crippen LogP contribution < -0.4 is 5.56 Å². The van der Waals surface area contributed by atoms with Gasteiger partial charge in [0.25, 0.3) is 5.56 Å². The van der Waals surface area contributed by atoms with E-state index in [0.29, 0.717) is 5.92 Å². The van der Waals surface area contributed by atoms with Crippen molar-refractivity contribution in [2.24, 2.45) is 5.92 Å². The summed E-state index contributed by atoms with van der Waals surface area (Å²) >= 11 is 0. The minimum absolute atomic E-state index is 0.0192. The van der Waals surface area contributed by atoms with Crippen LogP contribution in [0.25, 0.3) is 0 Å². The molecular weight excluding hydrogens is 316 g/mol. The first kappa shape index (κ1) is 17.4. The Bertz CT molecular complexity index is 759. The lowest BCUT2D eigenvalue weighted by molar-refractivity contribution is -0.131. The molecule has 1 saturated heterocycles. The van der Waals surface area contributed by atoms with E-state index in [9.17, 15) is 9.59 Å². The first-order chi connectivity index (χ1) is 12.1. The zero-order valence-electron chi connectivity index (χ0n) is 14.5. The Labute approximate surface area is 147 Å². The third-order valence-electron chi connectivity index (χ3n) is 4.59. The highest BCUT2D eigenvalue weighted by Crippen LogP contribution is 2.18. The fourth-order valence-electron chi connectivity index (χ4n) is 3.35. The standard InChI is InChI=1S/C19H24N4O2/c1-21(12-16-5-4-8-20-11-16)13-17-7-10-23(14-17)19(25)15-22-9-3-2-6-18(22)24/h2-6,8-9,11,17H,7,10,12-15H2,1H3/t17-/m1/s1. The molecule has 0 aliphatic carbocycles. The first-order valence-electron chi connectivity index (χ1n) is 8.62. The average Bonchev–Trinajstić information content (AvgIpc) is 3.06. The van der Waals surface area contributed by atoms with Crippen molar-refractivity contribution in [1.82, 2.24) is 19.4 Å². The molecule has 1 aliphatic rings. The SMILES string of the molecule is CN(Cc1cccnc1)C[C@H]1CCN(C(=O)Cn2ccccc2=O)C1. The summed E-state index contributed by atoms with van der Waals surface area (Å²) in [6, 6.07) is 8.96. The molecular formula is C19H24N4O2. The number of pyridine rings is 2. The summed E-state index contributed by atoms with van der Waals surface area (Å²) in [5.41, 5.74) is 1.06. The lowest BCUT2D eigenvalue weighted by Crippen LogP contribution is -2.35. The zero-order valence-corrected chi connectivity index (χ0v) is 14.5. The fraction of sp³-hybridized carbons (Fsp3) is 0.421. The number of hydrogen-bond acceptors (Lipinski definition) is 4. The predicted molar refractivity (Wildman–Crippen MR) is 96.0 cm³/mol. The van der Waals surface area contributed by atoms with Crippen molar-refractivity contribution in [1.29, 1.82) is 0 Å². The van der Waals surface area contributed by atoms with Crippen LogP contribution in [0.5, 0.6) is 0 Å². The topological polar surface area (TPSA) is 58.4 Å². The van der Waals surface area contributed by atoms with E-state index in [1.807, 2.05) is 17.2 Å². The van der Waals surface area contributed by atoms with Crippen LogP contribution in [0, 0.1) is 5.92 Å². The lowest BCUT2D eigenvalue weighted by Gasteiger charge is -2.21. The van der Waals surface area contributed by atoms with Gasteiger partial charge in [-0.25, -0.2) is 0 Å². The normalized spacial score (nSPS) is 17.2. The molecule has 1 atom stereocenters. The Balaban J connectivity index is 1.49. The van der Waals surface area contributed by atoms with Gasteiger partial charge in [0.2, 0.25) is 5.91 Å². The van der Waals surface area contributed by atoms with Crippen LogP contribution in [0.2, 0.25) is 0 Å². The number of nitrogens with zero attached hydrogens (tertiary/aromatic N) is 4. The van der Waals surface area contributed by atoms with Gasteiger partial charge in [0.05, 0.1) is 0 Å². The summed E-state index contributed by atoms with van der Waals surface area (Å²) in [6.07, 6.45) is 6.34. The molecule has 2 aromatic heterocycles. The molecule has 1 amide bonds. The molecule has 6 heteroatoms. The molecule has 25 heavy (non-hydrogen) atoms. The molecule has 3 rings (SSSR count). The second kappa shape index (κ2) is 8.07. The van der Waals surface area contributed by atoms with Crippen molar-refractivity contribution < 1.29 is 4.79 Å². The fourth-order valence-corrected chi connectivity index (χ4v) is 3.35. The molecule has 0 unspecified atom stereocenters. The maximum atomic E-state index is 12.4. The maximum Gasteiger partial charge on any atom is 0.250 e. The zero-order chi connectivity index (χ0) is 17.6. The number of likely N-dealkylation sites (tertiary alicyclic amines) is 1. The largest absolute Gasteiger partial charge is 0.341 e. The second-order valence-corrected chi connectivity index (χ2v) is 6.72. The highest BCUT2D eigenvalue weighted by molar-refractivity contribution is 5.76. The molecule has 2 aromatic rings. The van der Waals surface area contributed by atoms with E-state index >= 15 is 0 Å².